The molecule has 0 spiro atoms. The molecule has 3 N–H and O–H groups in total. The second kappa shape index (κ2) is 4.93. The van der Waals surface area contributed by atoms with Gasteiger partial charge in [-0.05, 0) is 31.2 Å². The van der Waals surface area contributed by atoms with E-state index in [1.54, 1.807) is 19.1 Å². The third-order valence-electron chi connectivity index (χ3n) is 2.68. The average Bonchev–Trinajstić information content (AvgIpc) is 2.35. The van der Waals surface area contributed by atoms with E-state index in [1.165, 1.54) is 30.3 Å². The van der Waals surface area contributed by atoms with Gasteiger partial charge in [-0.15, -0.1) is 0 Å². The first-order chi connectivity index (χ1) is 9.00. The van der Waals surface area contributed by atoms with Crippen molar-refractivity contribution in [2.24, 2.45) is 0 Å². The number of hydrogen-bond donors (Lipinski definition) is 2. The molecule has 0 radical (unpaired) electrons. The fraction of sp³-hybridized carbons (Fsp3) is 0.154. The highest BCUT2D eigenvalue weighted by Crippen LogP contribution is 2.32. The number of aryl methyl sites for hydroxylation is 1. The van der Waals surface area contributed by atoms with Crippen LogP contribution < -0.4 is 10.6 Å². The van der Waals surface area contributed by atoms with Crippen LogP contribution in [0.25, 0.3) is 0 Å². The Labute approximate surface area is 110 Å². The Morgan fingerprint density at radius 3 is 2.42 bits per heavy atom. The smallest absolute Gasteiger partial charge is 0.228 e. The fourth-order valence-corrected chi connectivity index (χ4v) is 1.83. The van der Waals surface area contributed by atoms with E-state index in [1.807, 2.05) is 0 Å². The molecule has 0 aliphatic heterocycles. The number of carbonyl (C=O) groups excluding carboxylic acids is 1. The highest BCUT2D eigenvalue weighted by molar-refractivity contribution is 6.01. The largest absolute Gasteiger partial charge is 0.508 e. The van der Waals surface area contributed by atoms with Crippen molar-refractivity contribution >= 4 is 23.1 Å². The number of rotatable bonds is 2. The molecular weight excluding hydrogens is 244 g/mol. The first-order valence-corrected chi connectivity index (χ1v) is 5.67. The van der Waals surface area contributed by atoms with Crippen molar-refractivity contribution in [3.05, 3.63) is 36.3 Å². The van der Waals surface area contributed by atoms with Crippen molar-refractivity contribution in [1.82, 2.24) is 9.97 Å². The number of phenols is 1. The van der Waals surface area contributed by atoms with Gasteiger partial charge in [0.2, 0.25) is 5.91 Å². The lowest BCUT2D eigenvalue weighted by Gasteiger charge is -2.23. The molecule has 2 rings (SSSR count). The second-order valence-corrected chi connectivity index (χ2v) is 4.06. The van der Waals surface area contributed by atoms with Gasteiger partial charge in [-0.2, -0.15) is 0 Å². The normalized spacial score (nSPS) is 10.2. The van der Waals surface area contributed by atoms with Crippen LogP contribution in [-0.4, -0.2) is 21.0 Å². The van der Waals surface area contributed by atoms with Gasteiger partial charge in [-0.1, -0.05) is 0 Å². The van der Waals surface area contributed by atoms with Gasteiger partial charge in [-0.25, -0.2) is 9.97 Å². The van der Waals surface area contributed by atoms with E-state index in [9.17, 15) is 9.90 Å². The van der Waals surface area contributed by atoms with Crippen LogP contribution in [0.3, 0.4) is 0 Å². The zero-order chi connectivity index (χ0) is 14.0. The highest BCUT2D eigenvalue weighted by atomic mass is 16.3. The molecule has 0 unspecified atom stereocenters. The quantitative estimate of drug-likeness (QED) is 0.856. The summed E-state index contributed by atoms with van der Waals surface area (Å²) in [6.45, 7) is 3.18. The molecule has 1 amide bonds. The predicted molar refractivity (Wildman–Crippen MR) is 72.1 cm³/mol. The number of nitrogen functional groups attached to an aromatic ring is 1. The van der Waals surface area contributed by atoms with Crippen LogP contribution in [0.1, 0.15) is 12.6 Å². The summed E-state index contributed by atoms with van der Waals surface area (Å²) in [5, 5.41) is 9.30. The molecule has 1 aromatic carbocycles. The van der Waals surface area contributed by atoms with Crippen LogP contribution in [0.5, 0.6) is 5.75 Å². The van der Waals surface area contributed by atoms with Gasteiger partial charge >= 0.3 is 0 Å². The van der Waals surface area contributed by atoms with Gasteiger partial charge in [0, 0.05) is 12.6 Å². The summed E-state index contributed by atoms with van der Waals surface area (Å²) in [6.07, 6.45) is 1.35. The van der Waals surface area contributed by atoms with E-state index in [2.05, 4.69) is 9.97 Å². The van der Waals surface area contributed by atoms with E-state index in [4.69, 9.17) is 5.73 Å². The van der Waals surface area contributed by atoms with Gasteiger partial charge in [0.1, 0.15) is 17.8 Å². The molecule has 0 saturated carbocycles. The lowest BCUT2D eigenvalue weighted by Crippen LogP contribution is -2.25. The number of aromatic nitrogens is 2. The highest BCUT2D eigenvalue weighted by Gasteiger charge is 2.20. The summed E-state index contributed by atoms with van der Waals surface area (Å²) >= 11 is 0. The van der Waals surface area contributed by atoms with Gasteiger partial charge in [-0.3, -0.25) is 9.69 Å². The Morgan fingerprint density at radius 1 is 1.26 bits per heavy atom. The Kier molecular flexibility index (Phi) is 3.33. The Morgan fingerprint density at radius 2 is 1.89 bits per heavy atom. The topological polar surface area (TPSA) is 92.3 Å². The van der Waals surface area contributed by atoms with E-state index in [-0.39, 0.29) is 17.5 Å². The van der Waals surface area contributed by atoms with Crippen LogP contribution in [-0.2, 0) is 4.79 Å². The molecule has 0 fully saturated rings. The minimum Gasteiger partial charge on any atom is -0.508 e. The molecule has 0 aliphatic carbocycles. The zero-order valence-electron chi connectivity index (χ0n) is 10.7. The maximum absolute atomic E-state index is 11.9. The van der Waals surface area contributed by atoms with Crippen molar-refractivity contribution in [3.8, 4) is 5.75 Å². The second-order valence-electron chi connectivity index (χ2n) is 4.06. The molecule has 0 aliphatic rings. The summed E-state index contributed by atoms with van der Waals surface area (Å²) in [5.74, 6) is 0.146. The lowest BCUT2D eigenvalue weighted by molar-refractivity contribution is -0.115. The zero-order valence-corrected chi connectivity index (χ0v) is 10.7. The van der Waals surface area contributed by atoms with Gasteiger partial charge in [0.05, 0.1) is 5.69 Å². The van der Waals surface area contributed by atoms with Crippen LogP contribution in [0.2, 0.25) is 0 Å². The average molecular weight is 258 g/mol. The molecule has 2 aromatic rings. The summed E-state index contributed by atoms with van der Waals surface area (Å²) in [6, 6.07) is 6.26. The molecule has 98 valence electrons. The monoisotopic (exact) mass is 258 g/mol. The van der Waals surface area contributed by atoms with Crippen molar-refractivity contribution in [1.29, 1.82) is 0 Å². The number of phenolic OH excluding ortho intramolecular Hbond substituents is 1. The number of benzene rings is 1. The number of hydrogen-bond acceptors (Lipinski definition) is 5. The first kappa shape index (κ1) is 12.8. The number of nitrogens with zero attached hydrogens (tertiary/aromatic N) is 3. The Hall–Kier alpha value is -2.63. The predicted octanol–water partition coefficient (Wildman–Crippen LogP) is 1.76. The molecular formula is C13H14N4O2. The van der Waals surface area contributed by atoms with Gasteiger partial charge in [0.15, 0.2) is 5.82 Å². The van der Waals surface area contributed by atoms with Crippen molar-refractivity contribution in [2.45, 2.75) is 13.8 Å². The van der Waals surface area contributed by atoms with E-state index < -0.39 is 0 Å². The Balaban J connectivity index is 2.58. The molecule has 0 bridgehead atoms. The summed E-state index contributed by atoms with van der Waals surface area (Å²) in [5.41, 5.74) is 7.49. The Bertz CT molecular complexity index is 590. The fourth-order valence-electron chi connectivity index (χ4n) is 1.83. The standard InChI is InChI=1S/C13H14N4O2/c1-8-12(13(14)16-7-15-8)17(9(2)18)10-3-5-11(19)6-4-10/h3-7,19H,1-2H3,(H2,14,15,16). The molecule has 1 aromatic heterocycles. The maximum atomic E-state index is 11.9. The number of carbonyl (C=O) groups is 1. The molecule has 1 heterocycles. The molecule has 19 heavy (non-hydrogen) atoms. The summed E-state index contributed by atoms with van der Waals surface area (Å²) < 4.78 is 0. The van der Waals surface area contributed by atoms with Crippen LogP contribution in [0.15, 0.2) is 30.6 Å². The number of aromatic hydroxyl groups is 1. The van der Waals surface area contributed by atoms with E-state index in [0.717, 1.165) is 0 Å². The summed E-state index contributed by atoms with van der Waals surface area (Å²) in [7, 11) is 0. The molecule has 0 atom stereocenters. The first-order valence-electron chi connectivity index (χ1n) is 5.67. The van der Waals surface area contributed by atoms with Crippen LogP contribution in [0.4, 0.5) is 17.2 Å². The molecule has 6 nitrogen and oxygen atoms in total. The molecule has 0 saturated heterocycles. The van der Waals surface area contributed by atoms with Crippen molar-refractivity contribution in [2.75, 3.05) is 10.6 Å². The number of nitrogens with two attached hydrogens (primary N) is 1. The maximum Gasteiger partial charge on any atom is 0.228 e. The lowest BCUT2D eigenvalue weighted by atomic mass is 10.2. The van der Waals surface area contributed by atoms with Gasteiger partial charge < -0.3 is 10.8 Å². The minimum absolute atomic E-state index is 0.126. The van der Waals surface area contributed by atoms with Crippen molar-refractivity contribution < 1.29 is 9.90 Å². The van der Waals surface area contributed by atoms with Gasteiger partial charge in [0.25, 0.3) is 0 Å². The molecule has 6 heteroatoms. The third kappa shape index (κ3) is 2.47. The minimum atomic E-state index is -0.213. The summed E-state index contributed by atoms with van der Waals surface area (Å²) in [4.78, 5) is 21.3. The number of amides is 1. The SMILES string of the molecule is CC(=O)N(c1ccc(O)cc1)c1c(C)ncnc1N. The van der Waals surface area contributed by atoms with E-state index in [0.29, 0.717) is 17.1 Å². The van der Waals surface area contributed by atoms with Crippen molar-refractivity contribution in [3.63, 3.8) is 0 Å². The third-order valence-corrected chi connectivity index (χ3v) is 2.68. The number of anilines is 3. The van der Waals surface area contributed by atoms with Crippen LogP contribution >= 0.6 is 0 Å². The van der Waals surface area contributed by atoms with E-state index >= 15 is 0 Å². The van der Waals surface area contributed by atoms with Crippen LogP contribution in [0, 0.1) is 6.92 Å².